The summed E-state index contributed by atoms with van der Waals surface area (Å²) in [5, 5.41) is 0. The van der Waals surface area contributed by atoms with Crippen molar-refractivity contribution in [3.63, 3.8) is 0 Å². The molecule has 1 aliphatic carbocycles. The second kappa shape index (κ2) is 8.98. The van der Waals surface area contributed by atoms with Crippen molar-refractivity contribution < 1.29 is 20.8 Å². The second-order valence-electron chi connectivity index (χ2n) is 9.42. The summed E-state index contributed by atoms with van der Waals surface area (Å²) in [5.74, 6) is 0. The molecule has 1 aliphatic rings. The fraction of sp³-hybridized carbons (Fsp3) is 0.417. The van der Waals surface area contributed by atoms with Gasteiger partial charge >= 0.3 is 37.9 Å². The van der Waals surface area contributed by atoms with Gasteiger partial charge in [-0.15, -0.1) is 0 Å². The topological polar surface area (TPSA) is 0 Å². The molecule has 0 heterocycles. The van der Waals surface area contributed by atoms with Gasteiger partial charge in [0.2, 0.25) is 0 Å². The van der Waals surface area contributed by atoms with E-state index in [1.807, 2.05) is 0 Å². The van der Waals surface area contributed by atoms with Gasteiger partial charge in [0.05, 0.1) is 0 Å². The number of halogens is 2. The van der Waals surface area contributed by atoms with E-state index in [4.69, 9.17) is 17.0 Å². The molecule has 0 fully saturated rings. The zero-order chi connectivity index (χ0) is 20.4. The van der Waals surface area contributed by atoms with Gasteiger partial charge in [-0.3, -0.25) is 0 Å². The third-order valence-corrected chi connectivity index (χ3v) is 5.03. The van der Waals surface area contributed by atoms with Gasteiger partial charge in [0.1, 0.15) is 0 Å². The molecule has 0 saturated carbocycles. The number of hydrogen-bond donors (Lipinski definition) is 0. The zero-order valence-electron chi connectivity index (χ0n) is 17.5. The fourth-order valence-corrected chi connectivity index (χ4v) is 3.44. The zero-order valence-corrected chi connectivity index (χ0v) is 21.5. The molecule has 0 atom stereocenters. The number of allylic oxidation sites excluding steroid dienone is 1. The first kappa shape index (κ1) is 22.9. The minimum absolute atomic E-state index is 0.152. The summed E-state index contributed by atoms with van der Waals surface area (Å²) >= 11 is -0.826. The van der Waals surface area contributed by atoms with E-state index in [2.05, 4.69) is 90.9 Å². The molecule has 2 aromatic carbocycles. The Bertz CT molecular complexity index is 804. The van der Waals surface area contributed by atoms with Crippen molar-refractivity contribution in [3.05, 3.63) is 64.2 Å². The van der Waals surface area contributed by atoms with Crippen LogP contribution in [-0.4, -0.2) is 0 Å². The monoisotopic (exact) mass is 478 g/mol. The molecule has 144 valence electrons. The van der Waals surface area contributed by atoms with E-state index < -0.39 is 20.8 Å². The summed E-state index contributed by atoms with van der Waals surface area (Å²) in [7, 11) is 9.87. The molecule has 2 aromatic rings. The molecule has 0 radical (unpaired) electrons. The summed E-state index contributed by atoms with van der Waals surface area (Å²) in [6.07, 6.45) is 3.46. The van der Waals surface area contributed by atoms with Crippen LogP contribution in [0.15, 0.2) is 42.0 Å². The van der Waals surface area contributed by atoms with Crippen LogP contribution < -0.4 is 0 Å². The molecule has 0 bridgehead atoms. The molecular weight excluding hydrogens is 450 g/mol. The minimum atomic E-state index is -0.826. The van der Waals surface area contributed by atoms with Crippen LogP contribution in [0.4, 0.5) is 0 Å². The van der Waals surface area contributed by atoms with Gasteiger partial charge in [0.25, 0.3) is 0 Å². The Morgan fingerprint density at radius 1 is 0.852 bits per heavy atom. The van der Waals surface area contributed by atoms with Crippen LogP contribution >= 0.6 is 17.0 Å². The van der Waals surface area contributed by atoms with Crippen molar-refractivity contribution in [1.29, 1.82) is 0 Å². The predicted octanol–water partition coefficient (Wildman–Crippen LogP) is 8.28. The normalized spacial score (nSPS) is 13.4. The van der Waals surface area contributed by atoms with Gasteiger partial charge in [0.15, 0.2) is 0 Å². The summed E-state index contributed by atoms with van der Waals surface area (Å²) < 4.78 is 0. The summed E-state index contributed by atoms with van der Waals surface area (Å²) in [6, 6.07) is 13.9. The second-order valence-corrected chi connectivity index (χ2v) is 13.1. The molecule has 0 aromatic heterocycles. The Balaban J connectivity index is 0.000000817. The average Bonchev–Trinajstić information content (AvgIpc) is 2.93. The predicted molar refractivity (Wildman–Crippen MR) is 118 cm³/mol. The van der Waals surface area contributed by atoms with E-state index in [1.165, 1.54) is 39.0 Å². The third kappa shape index (κ3) is 5.82. The average molecular weight is 481 g/mol. The van der Waals surface area contributed by atoms with Gasteiger partial charge in [-0.25, -0.2) is 0 Å². The van der Waals surface area contributed by atoms with Gasteiger partial charge in [-0.05, 0) is 57.6 Å². The Labute approximate surface area is 184 Å². The quantitative estimate of drug-likeness (QED) is 0.385. The molecule has 0 unspecified atom stereocenters. The van der Waals surface area contributed by atoms with E-state index in [-0.39, 0.29) is 10.8 Å². The van der Waals surface area contributed by atoms with Crippen LogP contribution in [0.5, 0.6) is 0 Å². The molecule has 0 amide bonds. The Morgan fingerprint density at radius 2 is 1.37 bits per heavy atom. The molecule has 0 saturated heterocycles. The maximum atomic E-state index is 4.93. The molecule has 0 nitrogen and oxygen atoms in total. The van der Waals surface area contributed by atoms with Crippen LogP contribution in [0.3, 0.4) is 0 Å². The van der Waals surface area contributed by atoms with Crippen LogP contribution in [0.25, 0.3) is 17.2 Å². The number of fused-ring (bicyclic) bond motifs is 1. The van der Waals surface area contributed by atoms with Crippen molar-refractivity contribution in [2.75, 3.05) is 0 Å². The van der Waals surface area contributed by atoms with Crippen LogP contribution in [0.2, 0.25) is 0 Å². The Morgan fingerprint density at radius 3 is 1.85 bits per heavy atom. The van der Waals surface area contributed by atoms with Gasteiger partial charge < -0.3 is 0 Å². The van der Waals surface area contributed by atoms with Gasteiger partial charge in [0, 0.05) is 0 Å². The number of hydrogen-bond acceptors (Lipinski definition) is 0. The van der Waals surface area contributed by atoms with Gasteiger partial charge in [-0.2, -0.15) is 0 Å². The molecule has 0 N–H and O–H groups in total. The SMILES string of the molecule is CC1=Cc2c(cccc2-c2cc(C(C)(C)C)cc(C(C)(C)C)c2)C1.[Cl][Zr][Cl]. The van der Waals surface area contributed by atoms with E-state index in [0.29, 0.717) is 0 Å². The Hall–Kier alpha value is -0.357. The Kier molecular flexibility index (Phi) is 7.63. The van der Waals surface area contributed by atoms with Crippen LogP contribution in [0, 0.1) is 0 Å². The van der Waals surface area contributed by atoms with Crippen LogP contribution in [0.1, 0.15) is 70.7 Å². The first-order valence-corrected chi connectivity index (χ1v) is 15.7. The number of benzene rings is 2. The maximum absolute atomic E-state index is 4.93. The summed E-state index contributed by atoms with van der Waals surface area (Å²) in [4.78, 5) is 0. The molecule has 3 heteroatoms. The molecule has 0 aliphatic heterocycles. The van der Waals surface area contributed by atoms with E-state index >= 15 is 0 Å². The van der Waals surface area contributed by atoms with Crippen molar-refractivity contribution >= 4 is 23.1 Å². The van der Waals surface area contributed by atoms with Crippen molar-refractivity contribution in [3.8, 4) is 11.1 Å². The summed E-state index contributed by atoms with van der Waals surface area (Å²) in [5.41, 5.74) is 10.2. The standard InChI is InChI=1S/C24H30.2ClH.Zr/c1-16-11-17-9-8-10-21(22(17)12-16)18-13-19(23(2,3)4)15-20(14-18)24(5,6)7;;;/h8-10,12-15H,11H2,1-7H3;2*1H;/q;;;+2/p-2. The molecule has 0 spiro atoms. The van der Waals surface area contributed by atoms with Crippen molar-refractivity contribution in [2.45, 2.75) is 65.7 Å². The third-order valence-electron chi connectivity index (χ3n) is 5.03. The van der Waals surface area contributed by atoms with E-state index in [0.717, 1.165) is 6.42 Å². The first-order chi connectivity index (χ1) is 12.5. The van der Waals surface area contributed by atoms with E-state index in [9.17, 15) is 0 Å². The molecule has 27 heavy (non-hydrogen) atoms. The van der Waals surface area contributed by atoms with Crippen molar-refractivity contribution in [1.82, 2.24) is 0 Å². The molecular formula is C24H30Cl2Zr. The summed E-state index contributed by atoms with van der Waals surface area (Å²) in [6.45, 7) is 16.1. The number of rotatable bonds is 1. The first-order valence-electron chi connectivity index (χ1n) is 9.39. The van der Waals surface area contributed by atoms with Crippen LogP contribution in [-0.2, 0) is 38.1 Å². The van der Waals surface area contributed by atoms with E-state index in [1.54, 1.807) is 0 Å². The molecule has 3 rings (SSSR count). The van der Waals surface area contributed by atoms with Gasteiger partial charge in [-0.1, -0.05) is 89.6 Å². The van der Waals surface area contributed by atoms with Crippen molar-refractivity contribution in [2.24, 2.45) is 0 Å². The fourth-order valence-electron chi connectivity index (χ4n) is 3.44.